The summed E-state index contributed by atoms with van der Waals surface area (Å²) < 4.78 is 5.74. The first-order valence-electron chi connectivity index (χ1n) is 7.05. The Morgan fingerprint density at radius 2 is 2.16 bits per heavy atom. The molecule has 1 aromatic carbocycles. The predicted octanol–water partition coefficient (Wildman–Crippen LogP) is 3.65. The highest BCUT2D eigenvalue weighted by atomic mass is 16.5. The van der Waals surface area contributed by atoms with Gasteiger partial charge >= 0.3 is 0 Å². The second kappa shape index (κ2) is 6.08. The van der Waals surface area contributed by atoms with Crippen molar-refractivity contribution in [2.45, 2.75) is 51.2 Å². The molecule has 0 bridgehead atoms. The van der Waals surface area contributed by atoms with Crippen LogP contribution in [-0.4, -0.2) is 18.2 Å². The molecule has 3 nitrogen and oxygen atoms in total. The molecule has 3 heteroatoms. The van der Waals surface area contributed by atoms with Crippen molar-refractivity contribution in [2.24, 2.45) is 0 Å². The molecule has 1 N–H and O–H groups in total. The zero-order valence-corrected chi connectivity index (χ0v) is 11.8. The quantitative estimate of drug-likeness (QED) is 0.896. The van der Waals surface area contributed by atoms with E-state index in [4.69, 9.17) is 4.74 Å². The second-order valence-electron chi connectivity index (χ2n) is 5.42. The third-order valence-electron chi connectivity index (χ3n) is 3.72. The zero-order valence-electron chi connectivity index (χ0n) is 11.8. The summed E-state index contributed by atoms with van der Waals surface area (Å²) in [4.78, 5) is 0. The van der Waals surface area contributed by atoms with Gasteiger partial charge in [-0.1, -0.05) is 31.0 Å². The van der Waals surface area contributed by atoms with Crippen molar-refractivity contribution >= 4 is 5.69 Å². The average Bonchev–Trinajstić information content (AvgIpc) is 2.42. The van der Waals surface area contributed by atoms with Crippen molar-refractivity contribution < 1.29 is 4.74 Å². The number of ether oxygens (including phenoxy) is 1. The van der Waals surface area contributed by atoms with Crippen LogP contribution in [0.1, 0.15) is 38.2 Å². The van der Waals surface area contributed by atoms with Gasteiger partial charge in [0.1, 0.15) is 5.54 Å². The summed E-state index contributed by atoms with van der Waals surface area (Å²) in [5, 5.41) is 13.0. The number of aryl methyl sites for hydroxylation is 1. The van der Waals surface area contributed by atoms with Crippen LogP contribution >= 0.6 is 0 Å². The molecule has 0 radical (unpaired) electrons. The van der Waals surface area contributed by atoms with E-state index in [9.17, 15) is 5.26 Å². The van der Waals surface area contributed by atoms with Crippen LogP contribution in [0, 0.1) is 18.3 Å². The summed E-state index contributed by atoms with van der Waals surface area (Å²) in [5.74, 6) is 0. The smallest absolute Gasteiger partial charge is 0.130 e. The van der Waals surface area contributed by atoms with Gasteiger partial charge in [-0.25, -0.2) is 0 Å². The fraction of sp³-hybridized carbons (Fsp3) is 0.562. The third-order valence-corrected chi connectivity index (χ3v) is 3.72. The van der Waals surface area contributed by atoms with Gasteiger partial charge in [-0.2, -0.15) is 5.26 Å². The highest BCUT2D eigenvalue weighted by Gasteiger charge is 2.36. The lowest BCUT2D eigenvalue weighted by atomic mass is 9.86. The van der Waals surface area contributed by atoms with Gasteiger partial charge in [-0.15, -0.1) is 0 Å². The molecule has 0 aromatic heterocycles. The summed E-state index contributed by atoms with van der Waals surface area (Å²) in [5.41, 5.74) is 1.77. The van der Waals surface area contributed by atoms with Gasteiger partial charge in [-0.3, -0.25) is 0 Å². The van der Waals surface area contributed by atoms with Gasteiger partial charge in [0, 0.05) is 18.5 Å². The molecule has 1 aliphatic rings. The van der Waals surface area contributed by atoms with Gasteiger partial charge in [0.25, 0.3) is 0 Å². The number of rotatable bonds is 4. The van der Waals surface area contributed by atoms with E-state index in [0.717, 1.165) is 31.4 Å². The fourth-order valence-electron chi connectivity index (χ4n) is 2.61. The summed E-state index contributed by atoms with van der Waals surface area (Å²) >= 11 is 0. The number of hydrogen-bond acceptors (Lipinski definition) is 3. The molecule has 1 aliphatic heterocycles. The van der Waals surface area contributed by atoms with Crippen molar-refractivity contribution in [3.63, 3.8) is 0 Å². The molecule has 2 atom stereocenters. The van der Waals surface area contributed by atoms with Gasteiger partial charge < -0.3 is 10.1 Å². The molecule has 1 fully saturated rings. The van der Waals surface area contributed by atoms with Crippen molar-refractivity contribution in [3.8, 4) is 6.07 Å². The van der Waals surface area contributed by atoms with Crippen LogP contribution in [0.2, 0.25) is 0 Å². The number of nitrogens with one attached hydrogen (secondary N) is 1. The van der Waals surface area contributed by atoms with Crippen LogP contribution in [0.4, 0.5) is 5.69 Å². The highest BCUT2D eigenvalue weighted by Crippen LogP contribution is 2.30. The normalized spacial score (nSPS) is 26.7. The van der Waals surface area contributed by atoms with E-state index in [1.807, 2.05) is 12.1 Å². The largest absolute Gasteiger partial charge is 0.378 e. The molecule has 2 rings (SSSR count). The molecule has 0 aliphatic carbocycles. The number of benzene rings is 1. The van der Waals surface area contributed by atoms with Crippen molar-refractivity contribution in [1.82, 2.24) is 0 Å². The molecule has 1 saturated heterocycles. The highest BCUT2D eigenvalue weighted by molar-refractivity contribution is 5.49. The Kier molecular flexibility index (Phi) is 4.44. The van der Waals surface area contributed by atoms with Crippen molar-refractivity contribution in [1.29, 1.82) is 5.26 Å². The Balaban J connectivity index is 2.09. The Labute approximate surface area is 115 Å². The maximum atomic E-state index is 9.58. The molecule has 0 amide bonds. The summed E-state index contributed by atoms with van der Waals surface area (Å²) in [6.45, 7) is 4.88. The average molecular weight is 258 g/mol. The van der Waals surface area contributed by atoms with E-state index in [2.05, 4.69) is 37.4 Å². The standard InChI is InChI=1S/C16H22N2O/c1-3-4-15-11-16(12-17,9-10-19-15)18-14-7-5-13(2)6-8-14/h5-8,15,18H,3-4,9-11H2,1-2H3. The maximum absolute atomic E-state index is 9.58. The van der Waals surface area contributed by atoms with Crippen LogP contribution in [0.25, 0.3) is 0 Å². The van der Waals surface area contributed by atoms with Crippen LogP contribution in [-0.2, 0) is 4.74 Å². The minimum Gasteiger partial charge on any atom is -0.378 e. The molecular formula is C16H22N2O. The Morgan fingerprint density at radius 3 is 2.79 bits per heavy atom. The number of nitriles is 1. The second-order valence-corrected chi connectivity index (χ2v) is 5.42. The van der Waals surface area contributed by atoms with E-state index < -0.39 is 5.54 Å². The molecule has 1 aromatic rings. The lowest BCUT2D eigenvalue weighted by Crippen LogP contribution is -2.45. The predicted molar refractivity (Wildman–Crippen MR) is 77.0 cm³/mol. The van der Waals surface area contributed by atoms with E-state index >= 15 is 0 Å². The van der Waals surface area contributed by atoms with Gasteiger partial charge in [0.05, 0.1) is 18.8 Å². The first kappa shape index (κ1) is 13.9. The van der Waals surface area contributed by atoms with Crippen LogP contribution in [0.15, 0.2) is 24.3 Å². The summed E-state index contributed by atoms with van der Waals surface area (Å²) in [6, 6.07) is 10.7. The number of anilines is 1. The monoisotopic (exact) mass is 258 g/mol. The van der Waals surface area contributed by atoms with Crippen molar-refractivity contribution in [2.75, 3.05) is 11.9 Å². The van der Waals surface area contributed by atoms with Crippen LogP contribution in [0.5, 0.6) is 0 Å². The minimum atomic E-state index is -0.479. The SMILES string of the molecule is CCCC1CC(C#N)(Nc2ccc(C)cc2)CCO1. The summed E-state index contributed by atoms with van der Waals surface area (Å²) in [7, 11) is 0. The van der Waals surface area contributed by atoms with E-state index in [1.54, 1.807) is 0 Å². The van der Waals surface area contributed by atoms with Gasteiger partial charge in [-0.05, 0) is 25.5 Å². The Morgan fingerprint density at radius 1 is 1.42 bits per heavy atom. The fourth-order valence-corrected chi connectivity index (χ4v) is 2.61. The first-order valence-corrected chi connectivity index (χ1v) is 7.05. The lowest BCUT2D eigenvalue weighted by Gasteiger charge is -2.37. The molecular weight excluding hydrogens is 236 g/mol. The number of nitrogens with zero attached hydrogens (tertiary/aromatic N) is 1. The molecule has 0 spiro atoms. The van der Waals surface area contributed by atoms with Gasteiger partial charge in [0.15, 0.2) is 0 Å². The molecule has 19 heavy (non-hydrogen) atoms. The Hall–Kier alpha value is -1.53. The van der Waals surface area contributed by atoms with Crippen molar-refractivity contribution in [3.05, 3.63) is 29.8 Å². The van der Waals surface area contributed by atoms with E-state index in [-0.39, 0.29) is 6.10 Å². The zero-order chi connectivity index (χ0) is 13.7. The molecule has 2 unspecified atom stereocenters. The lowest BCUT2D eigenvalue weighted by molar-refractivity contribution is -0.00613. The maximum Gasteiger partial charge on any atom is 0.130 e. The third kappa shape index (κ3) is 3.48. The molecule has 102 valence electrons. The Bertz CT molecular complexity index is 447. The first-order chi connectivity index (χ1) is 9.17. The number of hydrogen-bond donors (Lipinski definition) is 1. The van der Waals surface area contributed by atoms with E-state index in [1.165, 1.54) is 5.56 Å². The van der Waals surface area contributed by atoms with Crippen LogP contribution < -0.4 is 5.32 Å². The summed E-state index contributed by atoms with van der Waals surface area (Å²) in [6.07, 6.45) is 3.84. The minimum absolute atomic E-state index is 0.205. The molecule has 0 saturated carbocycles. The van der Waals surface area contributed by atoms with Gasteiger partial charge in [0.2, 0.25) is 0 Å². The molecule has 1 heterocycles. The topological polar surface area (TPSA) is 45.0 Å². The van der Waals surface area contributed by atoms with E-state index in [0.29, 0.717) is 6.61 Å². The van der Waals surface area contributed by atoms with Crippen LogP contribution in [0.3, 0.4) is 0 Å².